The Hall–Kier alpha value is -1.83. The Morgan fingerprint density at radius 1 is 1.05 bits per heavy atom. The van der Waals surface area contributed by atoms with Gasteiger partial charge in [-0.2, -0.15) is 0 Å². The van der Waals surface area contributed by atoms with Gasteiger partial charge in [-0.05, 0) is 58.4 Å². The molecule has 0 N–H and O–H groups in total. The lowest BCUT2D eigenvalue weighted by Crippen LogP contribution is -2.25. The van der Waals surface area contributed by atoms with E-state index in [1.807, 2.05) is 12.1 Å². The van der Waals surface area contributed by atoms with E-state index in [0.717, 1.165) is 23.3 Å². The zero-order valence-electron chi connectivity index (χ0n) is 11.5. The van der Waals surface area contributed by atoms with Crippen LogP contribution in [0.1, 0.15) is 25.0 Å². The first-order valence-corrected chi connectivity index (χ1v) is 6.48. The third-order valence-corrected chi connectivity index (χ3v) is 3.95. The van der Waals surface area contributed by atoms with E-state index in [9.17, 15) is 4.39 Å². The van der Waals surface area contributed by atoms with Crippen molar-refractivity contribution in [2.45, 2.75) is 25.7 Å². The number of ether oxygens (including phenoxy) is 1. The van der Waals surface area contributed by atoms with Crippen LogP contribution in [0.15, 0.2) is 36.4 Å². The second kappa shape index (κ2) is 4.09. The molecule has 0 fully saturated rings. The lowest BCUT2D eigenvalue weighted by atomic mass is 9.70. The summed E-state index contributed by atoms with van der Waals surface area (Å²) in [5.74, 6) is 0.712. The summed E-state index contributed by atoms with van der Waals surface area (Å²) in [5.41, 5.74) is 4.67. The van der Waals surface area contributed by atoms with Crippen LogP contribution in [0.2, 0.25) is 0 Å². The topological polar surface area (TPSA) is 9.23 Å². The van der Waals surface area contributed by atoms with E-state index in [1.54, 1.807) is 13.2 Å². The minimum absolute atomic E-state index is 0.00926. The highest BCUT2D eigenvalue weighted by Crippen LogP contribution is 2.44. The highest BCUT2D eigenvalue weighted by molar-refractivity contribution is 5.75. The standard InChI is InChI=1S/C17H17FO/c1-17(2)10-11-8-12(18)4-6-14(11)15-7-5-13(19-3)9-16(15)17/h4-9H,10H2,1-3H3. The molecule has 0 saturated heterocycles. The average molecular weight is 256 g/mol. The van der Waals surface area contributed by atoms with Crippen LogP contribution in [0.25, 0.3) is 11.1 Å². The summed E-state index contributed by atoms with van der Waals surface area (Å²) < 4.78 is 18.7. The molecular formula is C17H17FO. The van der Waals surface area contributed by atoms with Gasteiger partial charge in [0.25, 0.3) is 0 Å². The minimum Gasteiger partial charge on any atom is -0.497 e. The van der Waals surface area contributed by atoms with E-state index >= 15 is 0 Å². The molecule has 0 spiro atoms. The molecule has 2 heteroatoms. The molecule has 0 aliphatic heterocycles. The maximum atomic E-state index is 13.4. The highest BCUT2D eigenvalue weighted by Gasteiger charge is 2.31. The van der Waals surface area contributed by atoms with E-state index in [4.69, 9.17) is 4.74 Å². The molecule has 98 valence electrons. The maximum Gasteiger partial charge on any atom is 0.123 e. The normalized spacial score (nSPS) is 15.6. The lowest BCUT2D eigenvalue weighted by Gasteiger charge is -2.34. The predicted molar refractivity (Wildman–Crippen MR) is 75.1 cm³/mol. The van der Waals surface area contributed by atoms with Crippen molar-refractivity contribution >= 4 is 0 Å². The Balaban J connectivity index is 2.27. The largest absolute Gasteiger partial charge is 0.497 e. The quantitative estimate of drug-likeness (QED) is 0.737. The Morgan fingerprint density at radius 2 is 1.79 bits per heavy atom. The lowest BCUT2D eigenvalue weighted by molar-refractivity contribution is 0.411. The molecule has 1 nitrogen and oxygen atoms in total. The molecule has 0 radical (unpaired) electrons. The van der Waals surface area contributed by atoms with Gasteiger partial charge in [0, 0.05) is 0 Å². The molecule has 0 saturated carbocycles. The molecule has 0 atom stereocenters. The van der Waals surface area contributed by atoms with Crippen molar-refractivity contribution in [3.8, 4) is 16.9 Å². The zero-order chi connectivity index (χ0) is 13.6. The number of fused-ring (bicyclic) bond motifs is 3. The Kier molecular flexibility index (Phi) is 2.63. The summed E-state index contributed by atoms with van der Waals surface area (Å²) in [6.45, 7) is 4.39. The van der Waals surface area contributed by atoms with Crippen molar-refractivity contribution in [3.05, 3.63) is 53.3 Å². The summed E-state index contributed by atoms with van der Waals surface area (Å²) in [7, 11) is 1.68. The maximum absolute atomic E-state index is 13.4. The third kappa shape index (κ3) is 1.92. The van der Waals surface area contributed by atoms with E-state index < -0.39 is 0 Å². The Bertz CT molecular complexity index is 644. The van der Waals surface area contributed by atoms with Crippen LogP contribution in [0.4, 0.5) is 4.39 Å². The molecule has 19 heavy (non-hydrogen) atoms. The highest BCUT2D eigenvalue weighted by atomic mass is 19.1. The molecule has 0 bridgehead atoms. The average Bonchev–Trinajstić information content (AvgIpc) is 2.37. The molecule has 0 amide bonds. The van der Waals surface area contributed by atoms with Crippen molar-refractivity contribution in [1.82, 2.24) is 0 Å². The van der Waals surface area contributed by atoms with Gasteiger partial charge in [0.2, 0.25) is 0 Å². The molecule has 0 heterocycles. The third-order valence-electron chi connectivity index (χ3n) is 3.95. The molecule has 3 rings (SSSR count). The van der Waals surface area contributed by atoms with Gasteiger partial charge in [-0.15, -0.1) is 0 Å². The van der Waals surface area contributed by atoms with E-state index in [-0.39, 0.29) is 11.2 Å². The number of halogens is 1. The van der Waals surface area contributed by atoms with E-state index in [2.05, 4.69) is 26.0 Å². The van der Waals surface area contributed by atoms with Crippen LogP contribution < -0.4 is 4.74 Å². The van der Waals surface area contributed by atoms with Crippen LogP contribution in [0, 0.1) is 5.82 Å². The fraction of sp³-hybridized carbons (Fsp3) is 0.294. The van der Waals surface area contributed by atoms with Gasteiger partial charge in [0.15, 0.2) is 0 Å². The minimum atomic E-state index is -0.161. The molecule has 0 unspecified atom stereocenters. The predicted octanol–water partition coefficient (Wildman–Crippen LogP) is 4.34. The second-order valence-corrected chi connectivity index (χ2v) is 5.77. The van der Waals surface area contributed by atoms with Gasteiger partial charge in [-0.25, -0.2) is 4.39 Å². The van der Waals surface area contributed by atoms with Crippen LogP contribution >= 0.6 is 0 Å². The van der Waals surface area contributed by atoms with Crippen molar-refractivity contribution in [2.75, 3.05) is 7.11 Å². The first kappa shape index (κ1) is 12.2. The Labute approximate surface area is 113 Å². The molecule has 1 aliphatic rings. The molecular weight excluding hydrogens is 239 g/mol. The second-order valence-electron chi connectivity index (χ2n) is 5.77. The number of rotatable bonds is 1. The Morgan fingerprint density at radius 3 is 2.53 bits per heavy atom. The van der Waals surface area contributed by atoms with Crippen LogP contribution in [-0.4, -0.2) is 7.11 Å². The number of hydrogen-bond donors (Lipinski definition) is 0. The molecule has 2 aromatic carbocycles. The summed E-state index contributed by atoms with van der Waals surface area (Å²) in [6, 6.07) is 11.2. The molecule has 0 aromatic heterocycles. The van der Waals surface area contributed by atoms with Crippen LogP contribution in [0.5, 0.6) is 5.75 Å². The van der Waals surface area contributed by atoms with Gasteiger partial charge in [0.05, 0.1) is 7.11 Å². The summed E-state index contributed by atoms with van der Waals surface area (Å²) >= 11 is 0. The molecule has 1 aliphatic carbocycles. The smallest absolute Gasteiger partial charge is 0.123 e. The fourth-order valence-electron chi connectivity index (χ4n) is 2.99. The van der Waals surface area contributed by atoms with Gasteiger partial charge in [0.1, 0.15) is 11.6 Å². The van der Waals surface area contributed by atoms with Crippen molar-refractivity contribution in [2.24, 2.45) is 0 Å². The summed E-state index contributed by atoms with van der Waals surface area (Å²) in [6.07, 6.45) is 0.847. The SMILES string of the molecule is COc1ccc2c(c1)C(C)(C)Cc1cc(F)ccc1-2. The van der Waals surface area contributed by atoms with Crippen molar-refractivity contribution in [3.63, 3.8) is 0 Å². The van der Waals surface area contributed by atoms with Crippen molar-refractivity contribution < 1.29 is 9.13 Å². The summed E-state index contributed by atoms with van der Waals surface area (Å²) in [4.78, 5) is 0. The van der Waals surface area contributed by atoms with E-state index in [1.165, 1.54) is 17.2 Å². The first-order valence-electron chi connectivity index (χ1n) is 6.48. The summed E-state index contributed by atoms with van der Waals surface area (Å²) in [5, 5.41) is 0. The van der Waals surface area contributed by atoms with Gasteiger partial charge >= 0.3 is 0 Å². The van der Waals surface area contributed by atoms with Gasteiger partial charge < -0.3 is 4.74 Å². The van der Waals surface area contributed by atoms with Gasteiger partial charge in [-0.3, -0.25) is 0 Å². The van der Waals surface area contributed by atoms with Crippen LogP contribution in [-0.2, 0) is 11.8 Å². The number of methoxy groups -OCH3 is 1. The van der Waals surface area contributed by atoms with Crippen LogP contribution in [0.3, 0.4) is 0 Å². The van der Waals surface area contributed by atoms with E-state index in [0.29, 0.717) is 0 Å². The number of hydrogen-bond acceptors (Lipinski definition) is 1. The first-order chi connectivity index (χ1) is 9.01. The fourth-order valence-corrected chi connectivity index (χ4v) is 2.99. The number of benzene rings is 2. The molecule has 2 aromatic rings. The van der Waals surface area contributed by atoms with Crippen molar-refractivity contribution in [1.29, 1.82) is 0 Å². The zero-order valence-corrected chi connectivity index (χ0v) is 11.5. The monoisotopic (exact) mass is 256 g/mol. The van der Waals surface area contributed by atoms with Gasteiger partial charge in [-0.1, -0.05) is 26.0 Å².